The van der Waals surface area contributed by atoms with E-state index in [9.17, 15) is 9.59 Å². The summed E-state index contributed by atoms with van der Waals surface area (Å²) >= 11 is 0. The lowest BCUT2D eigenvalue weighted by Gasteiger charge is -2.21. The van der Waals surface area contributed by atoms with Crippen LogP contribution in [0, 0.1) is 5.92 Å². The number of nitrogens with zero attached hydrogens (tertiary/aromatic N) is 2. The van der Waals surface area contributed by atoms with Crippen molar-refractivity contribution in [2.75, 3.05) is 32.1 Å². The topological polar surface area (TPSA) is 60.9 Å². The summed E-state index contributed by atoms with van der Waals surface area (Å²) in [6.07, 6.45) is 0.882. The second-order valence-corrected chi connectivity index (χ2v) is 5.00. The standard InChI is InChI=1S/C14H18N2O3/c1-15-8-7-11(9-15)13(17)16(2)12-5-3-10(4-6-12)14(18)19/h3-6,11H,7-9H2,1-2H3,(H,18,19). The third kappa shape index (κ3) is 2.93. The number of hydrogen-bond donors (Lipinski definition) is 1. The minimum Gasteiger partial charge on any atom is -0.478 e. The Labute approximate surface area is 112 Å². The molecule has 5 nitrogen and oxygen atoms in total. The Balaban J connectivity index is 2.08. The fourth-order valence-corrected chi connectivity index (χ4v) is 2.37. The highest BCUT2D eigenvalue weighted by Gasteiger charge is 2.28. The summed E-state index contributed by atoms with van der Waals surface area (Å²) in [5, 5.41) is 8.84. The van der Waals surface area contributed by atoms with Crippen LogP contribution in [0.5, 0.6) is 0 Å². The first-order valence-electron chi connectivity index (χ1n) is 6.28. The van der Waals surface area contributed by atoms with E-state index in [-0.39, 0.29) is 17.4 Å². The number of aromatic carboxylic acids is 1. The van der Waals surface area contributed by atoms with Crippen LogP contribution in [0.25, 0.3) is 0 Å². The second kappa shape index (κ2) is 5.40. The number of carboxylic acids is 1. The number of benzene rings is 1. The first-order chi connectivity index (χ1) is 8.99. The van der Waals surface area contributed by atoms with Gasteiger partial charge in [0, 0.05) is 19.3 Å². The van der Waals surface area contributed by atoms with Gasteiger partial charge >= 0.3 is 5.97 Å². The molecule has 0 radical (unpaired) electrons. The highest BCUT2D eigenvalue weighted by molar-refractivity contribution is 5.95. The van der Waals surface area contributed by atoms with Crippen LogP contribution in [0.3, 0.4) is 0 Å². The molecule has 1 saturated heterocycles. The molecule has 2 rings (SSSR count). The molecule has 1 aromatic rings. The summed E-state index contributed by atoms with van der Waals surface area (Å²) in [5.74, 6) is -0.834. The van der Waals surface area contributed by atoms with E-state index >= 15 is 0 Å². The Morgan fingerprint density at radius 2 is 1.95 bits per heavy atom. The van der Waals surface area contributed by atoms with Gasteiger partial charge in [0.2, 0.25) is 5.91 Å². The molecule has 1 fully saturated rings. The van der Waals surface area contributed by atoms with Crippen LogP contribution in [-0.2, 0) is 4.79 Å². The van der Waals surface area contributed by atoms with Crippen LogP contribution >= 0.6 is 0 Å². The Morgan fingerprint density at radius 3 is 2.42 bits per heavy atom. The van der Waals surface area contributed by atoms with Gasteiger partial charge < -0.3 is 14.9 Å². The summed E-state index contributed by atoms with van der Waals surface area (Å²) in [5.41, 5.74) is 0.953. The fourth-order valence-electron chi connectivity index (χ4n) is 2.37. The number of carboxylic acid groups (broad SMARTS) is 1. The largest absolute Gasteiger partial charge is 0.478 e. The predicted octanol–water partition coefficient (Wildman–Crippen LogP) is 1.30. The smallest absolute Gasteiger partial charge is 0.335 e. The van der Waals surface area contributed by atoms with Crippen molar-refractivity contribution in [3.05, 3.63) is 29.8 Å². The van der Waals surface area contributed by atoms with E-state index in [2.05, 4.69) is 4.90 Å². The minimum atomic E-state index is -0.960. The maximum absolute atomic E-state index is 12.3. The van der Waals surface area contributed by atoms with E-state index in [1.165, 1.54) is 12.1 Å². The lowest BCUT2D eigenvalue weighted by atomic mass is 10.1. The number of rotatable bonds is 3. The molecule has 1 aliphatic rings. The maximum Gasteiger partial charge on any atom is 0.335 e. The molecule has 19 heavy (non-hydrogen) atoms. The summed E-state index contributed by atoms with van der Waals surface area (Å²) in [6.45, 7) is 1.73. The van der Waals surface area contributed by atoms with Gasteiger partial charge in [-0.25, -0.2) is 4.79 Å². The van der Waals surface area contributed by atoms with E-state index in [4.69, 9.17) is 5.11 Å². The number of anilines is 1. The molecule has 1 atom stereocenters. The molecule has 0 bridgehead atoms. The fraction of sp³-hybridized carbons (Fsp3) is 0.429. The van der Waals surface area contributed by atoms with Crippen LogP contribution in [0.4, 0.5) is 5.69 Å². The SMILES string of the molecule is CN1CCC(C(=O)N(C)c2ccc(C(=O)O)cc2)C1. The second-order valence-electron chi connectivity index (χ2n) is 5.00. The lowest BCUT2D eigenvalue weighted by Crippen LogP contribution is -2.34. The zero-order chi connectivity index (χ0) is 14.0. The zero-order valence-electron chi connectivity index (χ0n) is 11.2. The molecule has 1 amide bonds. The molecule has 1 heterocycles. The zero-order valence-corrected chi connectivity index (χ0v) is 11.2. The molecule has 1 unspecified atom stereocenters. The van der Waals surface area contributed by atoms with E-state index in [1.807, 2.05) is 7.05 Å². The van der Waals surface area contributed by atoms with E-state index in [1.54, 1.807) is 24.1 Å². The molecule has 0 aliphatic carbocycles. The molecule has 0 aromatic heterocycles. The molecule has 1 aromatic carbocycles. The van der Waals surface area contributed by atoms with Gasteiger partial charge in [-0.3, -0.25) is 4.79 Å². The van der Waals surface area contributed by atoms with Gasteiger partial charge in [-0.05, 0) is 44.3 Å². The highest BCUT2D eigenvalue weighted by atomic mass is 16.4. The van der Waals surface area contributed by atoms with Gasteiger partial charge in [0.1, 0.15) is 0 Å². The number of carbonyl (C=O) groups excluding carboxylic acids is 1. The molecule has 0 saturated carbocycles. The van der Waals surface area contributed by atoms with Crippen molar-refractivity contribution in [1.82, 2.24) is 4.90 Å². The molecule has 5 heteroatoms. The normalized spacial score (nSPS) is 19.4. The van der Waals surface area contributed by atoms with Crippen LogP contribution in [0.1, 0.15) is 16.8 Å². The van der Waals surface area contributed by atoms with E-state index in [0.29, 0.717) is 0 Å². The minimum absolute atomic E-state index is 0.0363. The third-order valence-electron chi connectivity index (χ3n) is 3.57. The van der Waals surface area contributed by atoms with E-state index in [0.717, 1.165) is 25.2 Å². The van der Waals surface area contributed by atoms with E-state index < -0.39 is 5.97 Å². The van der Waals surface area contributed by atoms with Gasteiger partial charge in [-0.2, -0.15) is 0 Å². The third-order valence-corrected chi connectivity index (χ3v) is 3.57. The van der Waals surface area contributed by atoms with Crippen molar-refractivity contribution in [3.8, 4) is 0 Å². The Morgan fingerprint density at radius 1 is 1.32 bits per heavy atom. The Hall–Kier alpha value is -1.88. The van der Waals surface area contributed by atoms with Crippen molar-refractivity contribution >= 4 is 17.6 Å². The highest BCUT2D eigenvalue weighted by Crippen LogP contribution is 2.21. The summed E-state index contributed by atoms with van der Waals surface area (Å²) in [7, 11) is 3.74. The van der Waals surface area contributed by atoms with Crippen LogP contribution in [-0.4, -0.2) is 49.1 Å². The van der Waals surface area contributed by atoms with Gasteiger partial charge in [-0.15, -0.1) is 0 Å². The van der Waals surface area contributed by atoms with Gasteiger partial charge in [0.25, 0.3) is 0 Å². The molecule has 0 spiro atoms. The van der Waals surface area contributed by atoms with Crippen molar-refractivity contribution in [2.24, 2.45) is 5.92 Å². The molecule has 102 valence electrons. The van der Waals surface area contributed by atoms with Crippen LogP contribution < -0.4 is 4.90 Å². The monoisotopic (exact) mass is 262 g/mol. The maximum atomic E-state index is 12.3. The van der Waals surface area contributed by atoms with Crippen molar-refractivity contribution in [1.29, 1.82) is 0 Å². The van der Waals surface area contributed by atoms with Crippen LogP contribution in [0.15, 0.2) is 24.3 Å². The molecular weight excluding hydrogens is 244 g/mol. The van der Waals surface area contributed by atoms with Gasteiger partial charge in [-0.1, -0.05) is 0 Å². The molecule has 1 N–H and O–H groups in total. The number of hydrogen-bond acceptors (Lipinski definition) is 3. The number of amides is 1. The first-order valence-corrected chi connectivity index (χ1v) is 6.28. The lowest BCUT2D eigenvalue weighted by molar-refractivity contribution is -0.121. The Kier molecular flexibility index (Phi) is 3.85. The average molecular weight is 262 g/mol. The summed E-state index contributed by atoms with van der Waals surface area (Å²) in [6, 6.07) is 6.37. The average Bonchev–Trinajstić information content (AvgIpc) is 2.84. The predicted molar refractivity (Wildman–Crippen MR) is 72.4 cm³/mol. The van der Waals surface area contributed by atoms with Crippen LogP contribution in [0.2, 0.25) is 0 Å². The van der Waals surface area contributed by atoms with Gasteiger partial charge in [0.15, 0.2) is 0 Å². The summed E-state index contributed by atoms with van der Waals surface area (Å²) < 4.78 is 0. The molecule has 1 aliphatic heterocycles. The van der Waals surface area contributed by atoms with Crippen molar-refractivity contribution in [2.45, 2.75) is 6.42 Å². The first kappa shape index (κ1) is 13.5. The van der Waals surface area contributed by atoms with Crippen molar-refractivity contribution in [3.63, 3.8) is 0 Å². The number of carbonyl (C=O) groups is 2. The molecular formula is C14H18N2O3. The van der Waals surface area contributed by atoms with Crippen molar-refractivity contribution < 1.29 is 14.7 Å². The number of likely N-dealkylation sites (tertiary alicyclic amines) is 1. The van der Waals surface area contributed by atoms with Gasteiger partial charge in [0.05, 0.1) is 11.5 Å². The Bertz CT molecular complexity index is 484. The quantitative estimate of drug-likeness (QED) is 0.892. The summed E-state index contributed by atoms with van der Waals surface area (Å²) in [4.78, 5) is 26.8.